The Morgan fingerprint density at radius 3 is 1.41 bits per heavy atom. The number of hydrogen-bond acceptors (Lipinski definition) is 11. The molecule has 61 heavy (non-hydrogen) atoms. The number of nitrogens with two attached hydrogens (primary N) is 3. The Morgan fingerprint density at radius 2 is 0.902 bits per heavy atom. The Morgan fingerprint density at radius 1 is 0.475 bits per heavy atom. The van der Waals surface area contributed by atoms with Crippen LogP contribution in [0.1, 0.15) is 66.8 Å². The number of nitrogens with zero attached hydrogens (tertiary/aromatic N) is 5. The Bertz CT molecular complexity index is 2540. The van der Waals surface area contributed by atoms with E-state index in [1.54, 1.807) is 46.0 Å². The molecule has 2 aliphatic rings. The van der Waals surface area contributed by atoms with Crippen molar-refractivity contribution in [3.8, 4) is 0 Å². The highest BCUT2D eigenvalue weighted by atomic mass is 79.9. The van der Waals surface area contributed by atoms with Gasteiger partial charge in [0, 0.05) is 85.7 Å². The molecule has 0 saturated heterocycles. The smallest absolute Gasteiger partial charge is 0.282 e. The van der Waals surface area contributed by atoms with Gasteiger partial charge in [0.15, 0.2) is 0 Å². The summed E-state index contributed by atoms with van der Waals surface area (Å²) in [6.45, 7) is 16.1. The zero-order valence-corrected chi connectivity index (χ0v) is 42.3. The highest BCUT2D eigenvalue weighted by Crippen LogP contribution is 2.35. The third-order valence-electron chi connectivity index (χ3n) is 9.65. The van der Waals surface area contributed by atoms with E-state index in [0.717, 1.165) is 63.6 Å². The van der Waals surface area contributed by atoms with E-state index < -0.39 is 4.92 Å². The van der Waals surface area contributed by atoms with E-state index >= 15 is 0 Å². The van der Waals surface area contributed by atoms with Crippen LogP contribution in [0.5, 0.6) is 0 Å². The molecular formula is C42H43Br5N8O6. The van der Waals surface area contributed by atoms with Crippen molar-refractivity contribution in [3.05, 3.63) is 162 Å². The summed E-state index contributed by atoms with van der Waals surface area (Å²) in [7, 11) is 0. The molecule has 2 aliphatic heterocycles. The minimum atomic E-state index is -0.411. The van der Waals surface area contributed by atoms with Gasteiger partial charge in [-0.2, -0.15) is 0 Å². The van der Waals surface area contributed by atoms with Crippen molar-refractivity contribution >= 4 is 126 Å². The van der Waals surface area contributed by atoms with Gasteiger partial charge < -0.3 is 17.2 Å². The molecule has 0 fully saturated rings. The lowest BCUT2D eigenvalue weighted by Crippen LogP contribution is -2.00. The van der Waals surface area contributed by atoms with Crippen molar-refractivity contribution < 1.29 is 14.8 Å². The normalized spacial score (nSPS) is 11.4. The van der Waals surface area contributed by atoms with Crippen molar-refractivity contribution in [1.29, 1.82) is 0 Å². The molecule has 0 saturated carbocycles. The molecule has 0 bridgehead atoms. The first kappa shape index (κ1) is 50.8. The van der Waals surface area contributed by atoms with Gasteiger partial charge in [0.1, 0.15) is 0 Å². The highest BCUT2D eigenvalue weighted by Gasteiger charge is 2.24. The molecule has 0 radical (unpaired) electrons. The van der Waals surface area contributed by atoms with Crippen molar-refractivity contribution in [2.24, 2.45) is 9.98 Å². The predicted octanol–water partition coefficient (Wildman–Crippen LogP) is 13.0. The maximum atomic E-state index is 10.9. The number of fused-ring (bicyclic) bond motifs is 2. The molecular weight excluding hydrogens is 1110 g/mol. The van der Waals surface area contributed by atoms with Crippen LogP contribution in [0.25, 0.3) is 0 Å². The van der Waals surface area contributed by atoms with Gasteiger partial charge in [-0.25, -0.2) is 0 Å². The van der Waals surface area contributed by atoms with E-state index in [9.17, 15) is 30.3 Å². The standard InChI is InChI=1S/C9H7BrN2O2.C9H9BrN2.C8H9BrN2O2.C8H8BrNO2.C8H10BrN/c1-5-8(10)2-6-3-11-4-7(6)9(5)12(13)14;1-5-8(10)2-6-3-12-4-7(6)9(5)11;1-4-6(9)3-7(10)5(2)8(4)11(12)13;1-5-3-6(2)8(10(11)12)4-7(5)9;1-5-3-6(2)8(10)4-7(5)9/h2,4H,3H2,1H3;2,4H,3,11H2,1H3;3H,10H2,1-2H3;3-4H,1-2H3;3-4H,10H2,1-2H3. The van der Waals surface area contributed by atoms with Crippen LogP contribution in [0, 0.1) is 85.7 Å². The summed E-state index contributed by atoms with van der Waals surface area (Å²) in [5.41, 5.74) is 30.5. The number of benzene rings is 5. The van der Waals surface area contributed by atoms with E-state index in [-0.39, 0.29) is 26.9 Å². The van der Waals surface area contributed by atoms with Gasteiger partial charge in [-0.05, 0) is 119 Å². The number of nitrogen functional groups attached to an aromatic ring is 3. The lowest BCUT2D eigenvalue weighted by Gasteiger charge is -2.07. The number of halogens is 5. The second-order valence-corrected chi connectivity index (χ2v) is 18.2. The number of anilines is 3. The monoisotopic (exact) mass is 1150 g/mol. The average molecular weight is 1160 g/mol. The van der Waals surface area contributed by atoms with Crippen LogP contribution in [0.15, 0.2) is 74.8 Å². The van der Waals surface area contributed by atoms with Gasteiger partial charge in [0.2, 0.25) is 0 Å². The highest BCUT2D eigenvalue weighted by molar-refractivity contribution is 9.11. The maximum absolute atomic E-state index is 10.9. The summed E-state index contributed by atoms with van der Waals surface area (Å²) in [5.74, 6) is 0. The van der Waals surface area contributed by atoms with Gasteiger partial charge in [-0.1, -0.05) is 85.7 Å². The molecule has 0 unspecified atom stereocenters. The fourth-order valence-corrected chi connectivity index (χ4v) is 8.00. The van der Waals surface area contributed by atoms with Crippen LogP contribution >= 0.6 is 79.6 Å². The molecule has 6 N–H and O–H groups in total. The second kappa shape index (κ2) is 22.0. The van der Waals surface area contributed by atoms with E-state index in [1.165, 1.54) is 17.2 Å². The third-order valence-corrected chi connectivity index (χ3v) is 13.8. The molecule has 19 heteroatoms. The first-order valence-corrected chi connectivity index (χ1v) is 22.0. The van der Waals surface area contributed by atoms with E-state index in [1.807, 2.05) is 39.1 Å². The molecule has 2 heterocycles. The van der Waals surface area contributed by atoms with Gasteiger partial charge in [0.25, 0.3) is 17.1 Å². The summed E-state index contributed by atoms with van der Waals surface area (Å²) in [5, 5.41) is 32.0. The molecule has 7 rings (SSSR count). The molecule has 0 atom stereocenters. The molecule has 14 nitrogen and oxygen atoms in total. The fraction of sp³-hybridized carbons (Fsp3) is 0.238. The average Bonchev–Trinajstić information content (AvgIpc) is 3.85. The number of hydrogen-bond donors (Lipinski definition) is 3. The zero-order chi connectivity index (χ0) is 46.2. The van der Waals surface area contributed by atoms with E-state index in [2.05, 4.69) is 109 Å². The summed E-state index contributed by atoms with van der Waals surface area (Å²) < 4.78 is 4.37. The van der Waals surface area contributed by atoms with Crippen molar-refractivity contribution in [2.45, 2.75) is 68.5 Å². The molecule has 5 aromatic carbocycles. The number of nitro benzene ring substituents is 3. The van der Waals surface area contributed by atoms with Gasteiger partial charge in [0.05, 0.1) is 33.4 Å². The van der Waals surface area contributed by atoms with Crippen LogP contribution in [-0.2, 0) is 13.1 Å². The Hall–Kier alpha value is -4.56. The van der Waals surface area contributed by atoms with Crippen LogP contribution in [0.2, 0.25) is 0 Å². The van der Waals surface area contributed by atoms with Gasteiger partial charge >= 0.3 is 0 Å². The van der Waals surface area contributed by atoms with E-state index in [0.29, 0.717) is 44.5 Å². The van der Waals surface area contributed by atoms with Crippen molar-refractivity contribution in [2.75, 3.05) is 17.2 Å². The lowest BCUT2D eigenvalue weighted by atomic mass is 10.0. The van der Waals surface area contributed by atoms with Crippen LogP contribution in [-0.4, -0.2) is 27.2 Å². The Balaban J connectivity index is 0.000000204. The van der Waals surface area contributed by atoms with Gasteiger partial charge in [-0.3, -0.25) is 40.3 Å². The lowest BCUT2D eigenvalue weighted by molar-refractivity contribution is -0.386. The van der Waals surface area contributed by atoms with Crippen LogP contribution < -0.4 is 17.2 Å². The van der Waals surface area contributed by atoms with Crippen molar-refractivity contribution in [1.82, 2.24) is 0 Å². The molecule has 0 aromatic heterocycles. The predicted molar refractivity (Wildman–Crippen MR) is 264 cm³/mol. The number of aryl methyl sites for hydroxylation is 4. The van der Waals surface area contributed by atoms with E-state index in [4.69, 9.17) is 17.2 Å². The molecule has 5 aromatic rings. The summed E-state index contributed by atoms with van der Waals surface area (Å²) in [6.07, 6.45) is 3.43. The zero-order valence-electron chi connectivity index (χ0n) is 34.4. The SMILES string of the molecule is Cc1c(Br)cc2c(c1N)C=NC2.Cc1c(Br)cc2c(c1[N+](=O)[O-])C=NC2.Cc1c(N)cc(Br)c(C)c1[N+](=O)[O-].Cc1cc(C)c(Br)cc1N.Cc1cc(C)c([N+](=O)[O-])cc1Br. The summed E-state index contributed by atoms with van der Waals surface area (Å²) in [4.78, 5) is 39.1. The molecule has 322 valence electrons. The maximum Gasteiger partial charge on any atom is 0.282 e. The van der Waals surface area contributed by atoms with Crippen LogP contribution in [0.3, 0.4) is 0 Å². The third kappa shape index (κ3) is 12.7. The largest absolute Gasteiger partial charge is 0.398 e. The first-order valence-electron chi connectivity index (χ1n) is 18.1. The minimum Gasteiger partial charge on any atom is -0.398 e. The molecule has 0 aliphatic carbocycles. The van der Waals surface area contributed by atoms with Crippen LogP contribution in [0.4, 0.5) is 34.1 Å². The Labute approximate surface area is 395 Å². The molecule has 0 amide bonds. The summed E-state index contributed by atoms with van der Waals surface area (Å²) in [6, 6.07) is 13.0. The topological polar surface area (TPSA) is 232 Å². The second-order valence-electron chi connectivity index (χ2n) is 14.0. The number of rotatable bonds is 3. The fourth-order valence-electron chi connectivity index (χ4n) is 5.92. The first-order chi connectivity index (χ1) is 28.4. The quantitative estimate of drug-likeness (QED) is 0.0884. The minimum absolute atomic E-state index is 0.0897. The summed E-state index contributed by atoms with van der Waals surface area (Å²) >= 11 is 16.6. The number of nitro groups is 3. The van der Waals surface area contributed by atoms with Crippen molar-refractivity contribution in [3.63, 3.8) is 0 Å². The van der Waals surface area contributed by atoms with Gasteiger partial charge in [-0.15, -0.1) is 0 Å². The molecule has 0 spiro atoms. The Kier molecular flexibility index (Phi) is 18.3. The number of aliphatic imine (C=N–C) groups is 2.